The fourth-order valence-corrected chi connectivity index (χ4v) is 6.39. The Morgan fingerprint density at radius 2 is 1.77 bits per heavy atom. The van der Waals surface area contributed by atoms with E-state index in [2.05, 4.69) is 35.2 Å². The zero-order valence-corrected chi connectivity index (χ0v) is 15.8. The predicted molar refractivity (Wildman–Crippen MR) is 103 cm³/mol. The molecule has 2 aromatic rings. The van der Waals surface area contributed by atoms with E-state index in [1.54, 1.807) is 4.90 Å². The quantitative estimate of drug-likeness (QED) is 0.828. The Morgan fingerprint density at radius 3 is 2.58 bits per heavy atom. The summed E-state index contributed by atoms with van der Waals surface area (Å²) >= 11 is 0. The van der Waals surface area contributed by atoms with Crippen LogP contribution in [0.5, 0.6) is 0 Å². The molecule has 2 aliphatic heterocycles. The molecule has 4 rings (SSSR count). The van der Waals surface area contributed by atoms with Gasteiger partial charge >= 0.3 is 0 Å². The molecular formula is C20H24N2O3S. The largest absolute Gasteiger partial charge is 0.336 e. The Morgan fingerprint density at radius 1 is 1.04 bits per heavy atom. The van der Waals surface area contributed by atoms with Gasteiger partial charge in [-0.25, -0.2) is 8.42 Å². The molecule has 0 N–H and O–H groups in total. The minimum Gasteiger partial charge on any atom is -0.336 e. The van der Waals surface area contributed by atoms with Crippen LogP contribution in [0.4, 0.5) is 0 Å². The number of carbonyl (C=O) groups excluding carboxylic acids is 1. The van der Waals surface area contributed by atoms with Crippen LogP contribution < -0.4 is 0 Å². The van der Waals surface area contributed by atoms with Gasteiger partial charge in [-0.2, -0.15) is 0 Å². The molecule has 138 valence electrons. The highest BCUT2D eigenvalue weighted by Gasteiger charge is 2.47. The number of amides is 1. The molecular weight excluding hydrogens is 348 g/mol. The number of sulfone groups is 1. The van der Waals surface area contributed by atoms with Crippen LogP contribution in [0.2, 0.25) is 0 Å². The van der Waals surface area contributed by atoms with Crippen molar-refractivity contribution in [2.24, 2.45) is 0 Å². The van der Waals surface area contributed by atoms with Gasteiger partial charge in [0.2, 0.25) is 5.91 Å². The van der Waals surface area contributed by atoms with Crippen molar-refractivity contribution in [3.05, 3.63) is 48.0 Å². The molecule has 0 unspecified atom stereocenters. The molecule has 0 aliphatic carbocycles. The summed E-state index contributed by atoms with van der Waals surface area (Å²) in [6, 6.07) is 14.2. The van der Waals surface area contributed by atoms with E-state index in [-0.39, 0.29) is 29.5 Å². The van der Waals surface area contributed by atoms with Crippen LogP contribution in [-0.2, 0) is 21.2 Å². The van der Waals surface area contributed by atoms with Crippen molar-refractivity contribution in [3.63, 3.8) is 0 Å². The Kier molecular flexibility index (Phi) is 4.49. The molecule has 2 aromatic carbocycles. The molecule has 0 spiro atoms. The number of nitrogens with zero attached hydrogens (tertiary/aromatic N) is 2. The summed E-state index contributed by atoms with van der Waals surface area (Å²) in [6.45, 7) is 3.87. The summed E-state index contributed by atoms with van der Waals surface area (Å²) in [7, 11) is -3.11. The molecule has 0 bridgehead atoms. The molecule has 5 nitrogen and oxygen atoms in total. The Balaban J connectivity index is 1.64. The van der Waals surface area contributed by atoms with Gasteiger partial charge < -0.3 is 4.90 Å². The van der Waals surface area contributed by atoms with Crippen molar-refractivity contribution in [2.45, 2.75) is 32.0 Å². The van der Waals surface area contributed by atoms with Crippen LogP contribution >= 0.6 is 0 Å². The second-order valence-corrected chi connectivity index (χ2v) is 9.41. The van der Waals surface area contributed by atoms with Gasteiger partial charge in [-0.15, -0.1) is 0 Å². The van der Waals surface area contributed by atoms with Crippen LogP contribution in [0.25, 0.3) is 10.8 Å². The number of benzene rings is 2. The zero-order chi connectivity index (χ0) is 18.3. The van der Waals surface area contributed by atoms with Gasteiger partial charge in [0.05, 0.1) is 17.5 Å². The first-order valence-corrected chi connectivity index (χ1v) is 11.0. The summed E-state index contributed by atoms with van der Waals surface area (Å²) in [6.07, 6.45) is 0.423. The van der Waals surface area contributed by atoms with Crippen LogP contribution in [0.1, 0.15) is 18.9 Å². The van der Waals surface area contributed by atoms with E-state index in [1.165, 1.54) is 16.3 Å². The summed E-state index contributed by atoms with van der Waals surface area (Å²) in [5, 5.41) is 2.40. The van der Waals surface area contributed by atoms with Crippen molar-refractivity contribution in [2.75, 3.05) is 24.6 Å². The molecule has 1 amide bonds. The molecule has 2 fully saturated rings. The smallest absolute Gasteiger partial charge is 0.222 e. The first-order chi connectivity index (χ1) is 12.5. The Bertz CT molecular complexity index is 936. The first kappa shape index (κ1) is 17.5. The molecule has 2 atom stereocenters. The third kappa shape index (κ3) is 3.12. The standard InChI is InChI=1S/C20H24N2O3S/c1-2-20(23)22-11-10-21(18-13-26(24,25)14-19(18)22)12-16-8-5-7-15-6-3-4-9-17(15)16/h3-9,18-19H,2,10-14H2,1H3/t18-,19+/m1/s1. The maximum atomic E-state index is 12.3. The number of rotatable bonds is 3. The third-order valence-corrected chi connectivity index (χ3v) is 7.37. The van der Waals surface area contributed by atoms with E-state index in [0.717, 1.165) is 0 Å². The fourth-order valence-electron chi connectivity index (χ4n) is 4.38. The van der Waals surface area contributed by atoms with E-state index in [4.69, 9.17) is 0 Å². The van der Waals surface area contributed by atoms with Crippen LogP contribution in [0.3, 0.4) is 0 Å². The molecule has 2 heterocycles. The molecule has 0 radical (unpaired) electrons. The molecule has 26 heavy (non-hydrogen) atoms. The second kappa shape index (κ2) is 6.67. The highest BCUT2D eigenvalue weighted by atomic mass is 32.2. The van der Waals surface area contributed by atoms with E-state index in [9.17, 15) is 13.2 Å². The molecule has 0 saturated carbocycles. The average molecular weight is 372 g/mol. The average Bonchev–Trinajstić information content (AvgIpc) is 2.97. The van der Waals surface area contributed by atoms with Crippen molar-refractivity contribution < 1.29 is 13.2 Å². The monoisotopic (exact) mass is 372 g/mol. The molecule has 6 heteroatoms. The normalized spacial score (nSPS) is 25.3. The number of fused-ring (bicyclic) bond motifs is 2. The Labute approximate surface area is 154 Å². The first-order valence-electron chi connectivity index (χ1n) is 9.19. The van der Waals surface area contributed by atoms with Gasteiger partial charge in [0, 0.05) is 32.1 Å². The molecule has 2 aliphatic rings. The van der Waals surface area contributed by atoms with Crippen molar-refractivity contribution in [1.82, 2.24) is 9.80 Å². The SMILES string of the molecule is CCC(=O)N1CCN(Cc2cccc3ccccc23)[C@@H]2CS(=O)(=O)C[C@@H]21. The number of hydrogen-bond acceptors (Lipinski definition) is 4. The second-order valence-electron chi connectivity index (χ2n) is 7.26. The number of piperazine rings is 1. The third-order valence-electron chi connectivity index (χ3n) is 5.67. The maximum Gasteiger partial charge on any atom is 0.222 e. The summed E-state index contributed by atoms with van der Waals surface area (Å²) < 4.78 is 24.6. The lowest BCUT2D eigenvalue weighted by Gasteiger charge is -2.44. The maximum absolute atomic E-state index is 12.3. The predicted octanol–water partition coefficient (Wildman–Crippen LogP) is 2.06. The van der Waals surface area contributed by atoms with Crippen molar-refractivity contribution in [1.29, 1.82) is 0 Å². The lowest BCUT2D eigenvalue weighted by atomic mass is 10.0. The van der Waals surface area contributed by atoms with Gasteiger partial charge in [0.15, 0.2) is 9.84 Å². The number of carbonyl (C=O) groups is 1. The highest BCUT2D eigenvalue weighted by Crippen LogP contribution is 2.30. The highest BCUT2D eigenvalue weighted by molar-refractivity contribution is 7.91. The minimum absolute atomic E-state index is 0.0573. The summed E-state index contributed by atoms with van der Waals surface area (Å²) in [5.41, 5.74) is 1.21. The lowest BCUT2D eigenvalue weighted by molar-refractivity contribution is -0.136. The topological polar surface area (TPSA) is 57.7 Å². The molecule has 0 aromatic heterocycles. The van der Waals surface area contributed by atoms with Gasteiger partial charge in [-0.1, -0.05) is 49.4 Å². The van der Waals surface area contributed by atoms with E-state index in [1.807, 2.05) is 19.1 Å². The minimum atomic E-state index is -3.11. The van der Waals surface area contributed by atoms with Crippen molar-refractivity contribution >= 4 is 26.5 Å². The van der Waals surface area contributed by atoms with Gasteiger partial charge in [-0.3, -0.25) is 9.69 Å². The van der Waals surface area contributed by atoms with E-state index in [0.29, 0.717) is 26.1 Å². The Hall–Kier alpha value is -1.92. The summed E-state index contributed by atoms with van der Waals surface area (Å²) in [5.74, 6) is 0.299. The van der Waals surface area contributed by atoms with E-state index < -0.39 is 9.84 Å². The molecule has 2 saturated heterocycles. The van der Waals surface area contributed by atoms with Gasteiger partial charge in [0.25, 0.3) is 0 Å². The van der Waals surface area contributed by atoms with Gasteiger partial charge in [-0.05, 0) is 16.3 Å². The fraction of sp³-hybridized carbons (Fsp3) is 0.450. The summed E-state index contributed by atoms with van der Waals surface area (Å²) in [4.78, 5) is 16.3. The van der Waals surface area contributed by atoms with Crippen LogP contribution in [0, 0.1) is 0 Å². The van der Waals surface area contributed by atoms with Crippen LogP contribution in [-0.4, -0.2) is 60.8 Å². The van der Waals surface area contributed by atoms with E-state index >= 15 is 0 Å². The van der Waals surface area contributed by atoms with Crippen LogP contribution in [0.15, 0.2) is 42.5 Å². The van der Waals surface area contributed by atoms with Gasteiger partial charge in [0.1, 0.15) is 0 Å². The number of hydrogen-bond donors (Lipinski definition) is 0. The van der Waals surface area contributed by atoms with Crippen molar-refractivity contribution in [3.8, 4) is 0 Å². The zero-order valence-electron chi connectivity index (χ0n) is 15.0. The lowest BCUT2D eigenvalue weighted by Crippen LogP contribution is -2.60.